The molecule has 1 heteroatoms. The fourth-order valence-corrected chi connectivity index (χ4v) is 1.94. The molecule has 0 amide bonds. The van der Waals surface area contributed by atoms with Crippen LogP contribution in [0.2, 0.25) is 0 Å². The summed E-state index contributed by atoms with van der Waals surface area (Å²) >= 11 is 0. The lowest BCUT2D eigenvalue weighted by Crippen LogP contribution is -2.12. The molecule has 0 aromatic heterocycles. The molecule has 0 bridgehead atoms. The predicted molar refractivity (Wildman–Crippen MR) is 47.6 cm³/mol. The normalized spacial score (nSPS) is 22.0. The highest BCUT2D eigenvalue weighted by atomic mass is 19.1. The first-order valence-corrected chi connectivity index (χ1v) is 4.53. The van der Waals surface area contributed by atoms with E-state index in [2.05, 4.69) is 6.92 Å². The van der Waals surface area contributed by atoms with Crippen LogP contribution in [0, 0.1) is 11.7 Å². The molecular weight excluding hydrogens is 151 g/mol. The molecule has 0 radical (unpaired) electrons. The lowest BCUT2D eigenvalue weighted by atomic mass is 9.85. The summed E-state index contributed by atoms with van der Waals surface area (Å²) < 4.78 is 13.2. The Hall–Kier alpha value is -0.850. The van der Waals surface area contributed by atoms with Gasteiger partial charge in [-0.1, -0.05) is 19.1 Å². The maximum atomic E-state index is 13.2. The monoisotopic (exact) mass is 164 g/mol. The second-order valence-electron chi connectivity index (χ2n) is 3.73. The molecule has 0 nitrogen and oxygen atoms in total. The van der Waals surface area contributed by atoms with Gasteiger partial charge < -0.3 is 0 Å². The molecule has 1 aromatic carbocycles. The van der Waals surface area contributed by atoms with Gasteiger partial charge in [-0.25, -0.2) is 4.39 Å². The molecule has 1 aromatic rings. The van der Waals surface area contributed by atoms with Crippen molar-refractivity contribution in [3.05, 3.63) is 35.1 Å². The number of hydrogen-bond acceptors (Lipinski definition) is 0. The van der Waals surface area contributed by atoms with E-state index in [1.165, 1.54) is 5.56 Å². The van der Waals surface area contributed by atoms with E-state index < -0.39 is 0 Å². The third kappa shape index (κ3) is 1.24. The van der Waals surface area contributed by atoms with Crippen molar-refractivity contribution >= 4 is 0 Å². The van der Waals surface area contributed by atoms with Crippen molar-refractivity contribution < 1.29 is 4.39 Å². The first-order valence-electron chi connectivity index (χ1n) is 4.53. The van der Waals surface area contributed by atoms with Crippen LogP contribution in [0.4, 0.5) is 4.39 Å². The second kappa shape index (κ2) is 2.89. The van der Waals surface area contributed by atoms with Crippen LogP contribution in [-0.2, 0) is 12.8 Å². The molecule has 1 aliphatic carbocycles. The Labute approximate surface area is 72.4 Å². The van der Waals surface area contributed by atoms with Gasteiger partial charge in [-0.15, -0.1) is 0 Å². The highest BCUT2D eigenvalue weighted by Crippen LogP contribution is 2.26. The third-order valence-corrected chi connectivity index (χ3v) is 2.67. The van der Waals surface area contributed by atoms with Gasteiger partial charge in [-0.05, 0) is 42.4 Å². The van der Waals surface area contributed by atoms with Crippen molar-refractivity contribution in [2.24, 2.45) is 5.92 Å². The van der Waals surface area contributed by atoms with E-state index >= 15 is 0 Å². The predicted octanol–water partition coefficient (Wildman–Crippen LogP) is 2.95. The Kier molecular flexibility index (Phi) is 1.87. The SMILES string of the molecule is C[C@@H]1CCc2c(F)cccc2C1. The van der Waals surface area contributed by atoms with E-state index in [4.69, 9.17) is 0 Å². The lowest BCUT2D eigenvalue weighted by molar-refractivity contribution is 0.482. The van der Waals surface area contributed by atoms with E-state index in [9.17, 15) is 4.39 Å². The van der Waals surface area contributed by atoms with Crippen LogP contribution in [-0.4, -0.2) is 0 Å². The van der Waals surface area contributed by atoms with Crippen molar-refractivity contribution in [1.82, 2.24) is 0 Å². The summed E-state index contributed by atoms with van der Waals surface area (Å²) in [6, 6.07) is 5.43. The smallest absolute Gasteiger partial charge is 0.126 e. The average Bonchev–Trinajstić information content (AvgIpc) is 2.04. The molecule has 0 fully saturated rings. The van der Waals surface area contributed by atoms with Crippen LogP contribution in [0.1, 0.15) is 24.5 Å². The molecule has 64 valence electrons. The topological polar surface area (TPSA) is 0 Å². The first-order chi connectivity index (χ1) is 5.77. The highest BCUT2D eigenvalue weighted by molar-refractivity contribution is 5.30. The molecule has 0 saturated carbocycles. The van der Waals surface area contributed by atoms with E-state index in [1.807, 2.05) is 12.1 Å². The van der Waals surface area contributed by atoms with Crippen molar-refractivity contribution in [3.63, 3.8) is 0 Å². The molecule has 12 heavy (non-hydrogen) atoms. The van der Waals surface area contributed by atoms with E-state index in [0.717, 1.165) is 30.7 Å². The van der Waals surface area contributed by atoms with Crippen LogP contribution in [0.25, 0.3) is 0 Å². The van der Waals surface area contributed by atoms with E-state index in [0.29, 0.717) is 0 Å². The van der Waals surface area contributed by atoms with Crippen LogP contribution in [0.3, 0.4) is 0 Å². The lowest BCUT2D eigenvalue weighted by Gasteiger charge is -2.21. The second-order valence-corrected chi connectivity index (χ2v) is 3.73. The Bertz CT molecular complexity index is 291. The third-order valence-electron chi connectivity index (χ3n) is 2.67. The van der Waals surface area contributed by atoms with Crippen LogP contribution in [0.5, 0.6) is 0 Å². The van der Waals surface area contributed by atoms with E-state index in [-0.39, 0.29) is 5.82 Å². The zero-order valence-corrected chi connectivity index (χ0v) is 7.31. The summed E-state index contributed by atoms with van der Waals surface area (Å²) in [5.74, 6) is 0.707. The summed E-state index contributed by atoms with van der Waals surface area (Å²) in [7, 11) is 0. The minimum atomic E-state index is -0.0144. The first kappa shape index (κ1) is 7.78. The molecule has 0 heterocycles. The number of benzene rings is 1. The molecule has 0 aliphatic heterocycles. The van der Waals surface area contributed by atoms with Crippen molar-refractivity contribution in [2.75, 3.05) is 0 Å². The van der Waals surface area contributed by atoms with Gasteiger partial charge in [-0.3, -0.25) is 0 Å². The Morgan fingerprint density at radius 1 is 1.42 bits per heavy atom. The van der Waals surface area contributed by atoms with Gasteiger partial charge >= 0.3 is 0 Å². The van der Waals surface area contributed by atoms with Crippen molar-refractivity contribution in [2.45, 2.75) is 26.2 Å². The Balaban J connectivity index is 2.42. The summed E-state index contributed by atoms with van der Waals surface area (Å²) in [5.41, 5.74) is 2.17. The number of halogens is 1. The highest BCUT2D eigenvalue weighted by Gasteiger charge is 2.17. The largest absolute Gasteiger partial charge is 0.207 e. The molecule has 1 atom stereocenters. The van der Waals surface area contributed by atoms with Gasteiger partial charge in [0.05, 0.1) is 0 Å². The van der Waals surface area contributed by atoms with Crippen molar-refractivity contribution in [1.29, 1.82) is 0 Å². The quantitative estimate of drug-likeness (QED) is 0.553. The van der Waals surface area contributed by atoms with Gasteiger partial charge in [0.2, 0.25) is 0 Å². The Morgan fingerprint density at radius 3 is 3.08 bits per heavy atom. The number of fused-ring (bicyclic) bond motifs is 1. The molecule has 2 rings (SSSR count). The standard InChI is InChI=1S/C11H13F/c1-8-5-6-10-9(7-8)3-2-4-11(10)12/h2-4,8H,5-7H2,1H3/t8-/m1/s1. The Morgan fingerprint density at radius 2 is 2.25 bits per heavy atom. The summed E-state index contributed by atoms with van der Waals surface area (Å²) in [6.07, 6.45) is 3.10. The van der Waals surface area contributed by atoms with Gasteiger partial charge in [0.25, 0.3) is 0 Å². The minimum Gasteiger partial charge on any atom is -0.207 e. The minimum absolute atomic E-state index is 0.0144. The van der Waals surface area contributed by atoms with Gasteiger partial charge in [0, 0.05) is 0 Å². The number of hydrogen-bond donors (Lipinski definition) is 0. The maximum absolute atomic E-state index is 13.2. The van der Waals surface area contributed by atoms with Gasteiger partial charge in [0.15, 0.2) is 0 Å². The van der Waals surface area contributed by atoms with Crippen LogP contribution in [0.15, 0.2) is 18.2 Å². The maximum Gasteiger partial charge on any atom is 0.126 e. The molecule has 0 saturated heterocycles. The fourth-order valence-electron chi connectivity index (χ4n) is 1.94. The van der Waals surface area contributed by atoms with Crippen LogP contribution >= 0.6 is 0 Å². The summed E-state index contributed by atoms with van der Waals surface area (Å²) in [6.45, 7) is 2.23. The molecule has 0 unspecified atom stereocenters. The summed E-state index contributed by atoms with van der Waals surface area (Å²) in [4.78, 5) is 0. The molecule has 0 spiro atoms. The summed E-state index contributed by atoms with van der Waals surface area (Å²) in [5, 5.41) is 0. The fraction of sp³-hybridized carbons (Fsp3) is 0.455. The van der Waals surface area contributed by atoms with Gasteiger partial charge in [-0.2, -0.15) is 0 Å². The van der Waals surface area contributed by atoms with E-state index in [1.54, 1.807) is 6.07 Å². The molecule has 0 N–H and O–H groups in total. The van der Waals surface area contributed by atoms with Crippen molar-refractivity contribution in [3.8, 4) is 0 Å². The average molecular weight is 164 g/mol. The number of rotatable bonds is 0. The van der Waals surface area contributed by atoms with Crippen LogP contribution < -0.4 is 0 Å². The molecular formula is C11H13F. The van der Waals surface area contributed by atoms with Gasteiger partial charge in [0.1, 0.15) is 5.82 Å². The molecule has 1 aliphatic rings. The zero-order chi connectivity index (χ0) is 8.55. The zero-order valence-electron chi connectivity index (χ0n) is 7.31.